The molecule has 0 spiro atoms. The smallest absolute Gasteiger partial charge is 0.278 e. The lowest BCUT2D eigenvalue weighted by atomic mass is 9.98. The van der Waals surface area contributed by atoms with E-state index in [9.17, 15) is 15.2 Å². The van der Waals surface area contributed by atoms with Gasteiger partial charge in [-0.25, -0.2) is 0 Å². The van der Waals surface area contributed by atoms with Gasteiger partial charge in [0, 0.05) is 38.8 Å². The van der Waals surface area contributed by atoms with E-state index >= 15 is 0 Å². The Morgan fingerprint density at radius 3 is 2.43 bits per heavy atom. The molecule has 8 heteroatoms. The number of nitrogens with one attached hydrogen (secondary N) is 1. The highest BCUT2D eigenvalue weighted by Gasteiger charge is 2.30. The van der Waals surface area contributed by atoms with Crippen LogP contribution in [0.5, 0.6) is 11.5 Å². The van der Waals surface area contributed by atoms with E-state index in [2.05, 4.69) is 10.2 Å². The Labute approximate surface area is 135 Å². The van der Waals surface area contributed by atoms with E-state index in [0.29, 0.717) is 23.5 Å². The summed E-state index contributed by atoms with van der Waals surface area (Å²) in [6.07, 6.45) is 0.427. The molecule has 1 aliphatic heterocycles. The number of piperazine rings is 1. The number of hydrogen-bond donors (Lipinski definition) is 2. The van der Waals surface area contributed by atoms with Gasteiger partial charge in [-0.3, -0.25) is 15.0 Å². The lowest BCUT2D eigenvalue weighted by Gasteiger charge is -2.35. The number of nitro groups is 1. The predicted octanol–water partition coefficient (Wildman–Crippen LogP) is 0.941. The summed E-state index contributed by atoms with van der Waals surface area (Å²) < 4.78 is 10.5. The first-order valence-electron chi connectivity index (χ1n) is 7.58. The number of ether oxygens (including phenoxy) is 2. The van der Waals surface area contributed by atoms with Crippen LogP contribution in [0.2, 0.25) is 0 Å². The third-order valence-electron chi connectivity index (χ3n) is 4.08. The molecule has 0 radical (unpaired) electrons. The van der Waals surface area contributed by atoms with Gasteiger partial charge < -0.3 is 19.9 Å². The SMILES string of the molecule is COc1cc([C@H](CCO)N2CCNCC2)c([N+](=O)[O-])cc1OC. The second-order valence-corrected chi connectivity index (χ2v) is 5.34. The Bertz CT molecular complexity index is 546. The van der Waals surface area contributed by atoms with Crippen molar-refractivity contribution in [3.8, 4) is 11.5 Å². The highest BCUT2D eigenvalue weighted by molar-refractivity contribution is 5.55. The van der Waals surface area contributed by atoms with Gasteiger partial charge >= 0.3 is 0 Å². The maximum absolute atomic E-state index is 11.5. The first kappa shape index (κ1) is 17.5. The van der Waals surface area contributed by atoms with Crippen LogP contribution in [-0.4, -0.2) is 61.9 Å². The Balaban J connectivity index is 2.48. The van der Waals surface area contributed by atoms with Gasteiger partial charge in [-0.2, -0.15) is 0 Å². The highest BCUT2D eigenvalue weighted by atomic mass is 16.6. The number of benzene rings is 1. The largest absolute Gasteiger partial charge is 0.493 e. The average Bonchev–Trinajstić information content (AvgIpc) is 2.59. The zero-order valence-electron chi connectivity index (χ0n) is 13.4. The first-order valence-corrected chi connectivity index (χ1v) is 7.58. The van der Waals surface area contributed by atoms with Crippen molar-refractivity contribution in [3.63, 3.8) is 0 Å². The zero-order valence-corrected chi connectivity index (χ0v) is 13.4. The summed E-state index contributed by atoms with van der Waals surface area (Å²) in [5.74, 6) is 0.775. The Kier molecular flexibility index (Phi) is 6.14. The Hall–Kier alpha value is -1.90. The standard InChI is InChI=1S/C15H23N3O5/c1-22-14-9-11(13(18(20)21)10-15(14)23-2)12(3-8-19)17-6-4-16-5-7-17/h9-10,12,16,19H,3-8H2,1-2H3/t12-/m0/s1. The third-order valence-corrected chi connectivity index (χ3v) is 4.08. The fourth-order valence-corrected chi connectivity index (χ4v) is 2.96. The molecule has 0 unspecified atom stereocenters. The van der Waals surface area contributed by atoms with Gasteiger partial charge in [0.2, 0.25) is 0 Å². The fraction of sp³-hybridized carbons (Fsp3) is 0.600. The van der Waals surface area contributed by atoms with Gasteiger partial charge in [0.15, 0.2) is 11.5 Å². The van der Waals surface area contributed by atoms with Crippen molar-refractivity contribution >= 4 is 5.69 Å². The van der Waals surface area contributed by atoms with E-state index in [1.54, 1.807) is 6.07 Å². The molecular weight excluding hydrogens is 302 g/mol. The third kappa shape index (κ3) is 3.90. The lowest BCUT2D eigenvalue weighted by molar-refractivity contribution is -0.386. The molecule has 1 heterocycles. The van der Waals surface area contributed by atoms with Crippen LogP contribution >= 0.6 is 0 Å². The number of aliphatic hydroxyl groups is 1. The van der Waals surface area contributed by atoms with Crippen LogP contribution in [0.4, 0.5) is 5.69 Å². The lowest BCUT2D eigenvalue weighted by Crippen LogP contribution is -2.45. The summed E-state index contributed by atoms with van der Waals surface area (Å²) in [6, 6.07) is 2.81. The van der Waals surface area contributed by atoms with Crippen LogP contribution in [0, 0.1) is 10.1 Å². The van der Waals surface area contributed by atoms with Gasteiger partial charge in [-0.1, -0.05) is 0 Å². The quantitative estimate of drug-likeness (QED) is 0.569. The molecule has 1 aromatic carbocycles. The molecule has 1 aliphatic rings. The molecule has 8 nitrogen and oxygen atoms in total. The number of aliphatic hydroxyl groups excluding tert-OH is 1. The van der Waals surface area contributed by atoms with Crippen LogP contribution in [-0.2, 0) is 0 Å². The summed E-state index contributed by atoms with van der Waals surface area (Å²) in [5, 5.41) is 24.2. The van der Waals surface area contributed by atoms with Crippen molar-refractivity contribution in [2.75, 3.05) is 47.0 Å². The molecule has 0 aromatic heterocycles. The predicted molar refractivity (Wildman–Crippen MR) is 85.1 cm³/mol. The van der Waals surface area contributed by atoms with E-state index in [-0.39, 0.29) is 18.3 Å². The van der Waals surface area contributed by atoms with Gasteiger partial charge in [0.1, 0.15) is 0 Å². The van der Waals surface area contributed by atoms with Gasteiger partial charge in [0.05, 0.1) is 30.8 Å². The van der Waals surface area contributed by atoms with Crippen LogP contribution < -0.4 is 14.8 Å². The van der Waals surface area contributed by atoms with Gasteiger partial charge in [0.25, 0.3) is 5.69 Å². The molecule has 1 atom stereocenters. The fourth-order valence-electron chi connectivity index (χ4n) is 2.96. The average molecular weight is 325 g/mol. The maximum atomic E-state index is 11.5. The minimum atomic E-state index is -0.413. The topological polar surface area (TPSA) is 97.1 Å². The molecule has 0 amide bonds. The van der Waals surface area contributed by atoms with Crippen LogP contribution in [0.15, 0.2) is 12.1 Å². The Morgan fingerprint density at radius 1 is 1.30 bits per heavy atom. The monoisotopic (exact) mass is 325 g/mol. The molecule has 23 heavy (non-hydrogen) atoms. The van der Waals surface area contributed by atoms with Crippen molar-refractivity contribution in [1.82, 2.24) is 10.2 Å². The van der Waals surface area contributed by atoms with Gasteiger partial charge in [-0.05, 0) is 12.5 Å². The summed E-state index contributed by atoms with van der Waals surface area (Å²) in [5.41, 5.74) is 0.531. The van der Waals surface area contributed by atoms with Crippen LogP contribution in [0.25, 0.3) is 0 Å². The van der Waals surface area contributed by atoms with Crippen LogP contribution in [0.3, 0.4) is 0 Å². The molecule has 128 valence electrons. The zero-order chi connectivity index (χ0) is 16.8. The number of nitro benzene ring substituents is 1. The number of hydrogen-bond acceptors (Lipinski definition) is 7. The minimum Gasteiger partial charge on any atom is -0.493 e. The minimum absolute atomic E-state index is 0.0142. The number of nitrogens with zero attached hydrogens (tertiary/aromatic N) is 2. The second-order valence-electron chi connectivity index (χ2n) is 5.34. The summed E-state index contributed by atoms with van der Waals surface area (Å²) >= 11 is 0. The van der Waals surface area contributed by atoms with Crippen molar-refractivity contribution in [2.45, 2.75) is 12.5 Å². The first-order chi connectivity index (χ1) is 11.1. The molecular formula is C15H23N3O5. The molecule has 1 aromatic rings. The summed E-state index contributed by atoms with van der Waals surface area (Å²) in [7, 11) is 2.95. The molecule has 0 saturated carbocycles. The molecule has 1 fully saturated rings. The maximum Gasteiger partial charge on any atom is 0.278 e. The molecule has 0 bridgehead atoms. The van der Waals surface area contributed by atoms with Crippen molar-refractivity contribution in [2.24, 2.45) is 0 Å². The summed E-state index contributed by atoms with van der Waals surface area (Å²) in [4.78, 5) is 13.2. The number of methoxy groups -OCH3 is 2. The van der Waals surface area contributed by atoms with E-state index in [1.807, 2.05) is 0 Å². The van der Waals surface area contributed by atoms with E-state index in [1.165, 1.54) is 20.3 Å². The van der Waals surface area contributed by atoms with Crippen molar-refractivity contribution < 1.29 is 19.5 Å². The van der Waals surface area contributed by atoms with E-state index in [0.717, 1.165) is 26.2 Å². The van der Waals surface area contributed by atoms with E-state index < -0.39 is 4.92 Å². The molecule has 2 N–H and O–H groups in total. The normalized spacial score (nSPS) is 16.8. The highest BCUT2D eigenvalue weighted by Crippen LogP contribution is 2.40. The van der Waals surface area contributed by atoms with Crippen molar-refractivity contribution in [1.29, 1.82) is 0 Å². The molecule has 1 saturated heterocycles. The summed E-state index contributed by atoms with van der Waals surface area (Å²) in [6.45, 7) is 3.15. The Morgan fingerprint density at radius 2 is 1.91 bits per heavy atom. The molecule has 2 rings (SSSR count). The van der Waals surface area contributed by atoms with Crippen LogP contribution in [0.1, 0.15) is 18.0 Å². The second kappa shape index (κ2) is 8.09. The number of rotatable bonds is 7. The molecule has 0 aliphatic carbocycles. The van der Waals surface area contributed by atoms with Crippen molar-refractivity contribution in [3.05, 3.63) is 27.8 Å². The van der Waals surface area contributed by atoms with Gasteiger partial charge in [-0.15, -0.1) is 0 Å². The van der Waals surface area contributed by atoms with E-state index in [4.69, 9.17) is 9.47 Å².